The van der Waals surface area contributed by atoms with E-state index in [2.05, 4.69) is 10.3 Å². The molecule has 1 heterocycles. The summed E-state index contributed by atoms with van der Waals surface area (Å²) in [6.45, 7) is 0. The number of halogens is 6. The molecule has 1 aromatic carbocycles. The molecule has 0 atom stereocenters. The van der Waals surface area contributed by atoms with Crippen molar-refractivity contribution in [2.24, 2.45) is 0 Å². The number of aromatic nitrogens is 3. The number of quaternary nitrogens is 1. The Labute approximate surface area is 142 Å². The van der Waals surface area contributed by atoms with Crippen LogP contribution in [0.25, 0.3) is 11.0 Å². The number of hydrogen-bond acceptors (Lipinski definition) is 3. The number of benzene rings is 1. The summed E-state index contributed by atoms with van der Waals surface area (Å²) >= 11 is 0. The molecule has 0 saturated heterocycles. The standard InChI is InChI=1S/C9H13N4O.6ClH.Sb/c1-13(2,3)14-12-9-7-5-4-6-8(9)10-11-12;;;;;;;/h4-7H,1-3H3;6*1H;/q+1;;;;;;;+5/p-6. The molecule has 0 N–H and O–H groups in total. The predicted molar refractivity (Wildman–Crippen MR) is 93.0 cm³/mol. The molecule has 0 aliphatic carbocycles. The molecule has 122 valence electrons. The summed E-state index contributed by atoms with van der Waals surface area (Å²) in [4.78, 5) is 6.98. The molecule has 0 aliphatic rings. The Morgan fingerprint density at radius 1 is 1.00 bits per heavy atom. The van der Waals surface area contributed by atoms with Gasteiger partial charge in [-0.15, -0.1) is 9.75 Å². The first-order valence-electron chi connectivity index (χ1n) is 5.40. The molecule has 0 saturated carbocycles. The molecule has 2 aromatic rings. The van der Waals surface area contributed by atoms with Gasteiger partial charge in [-0.3, -0.25) is 0 Å². The van der Waals surface area contributed by atoms with Crippen LogP contribution in [0.4, 0.5) is 0 Å². The first-order valence-corrected chi connectivity index (χ1v) is 24.8. The molecule has 0 bridgehead atoms. The van der Waals surface area contributed by atoms with Crippen LogP contribution in [0.1, 0.15) is 0 Å². The summed E-state index contributed by atoms with van der Waals surface area (Å²) in [7, 11) is 30.7. The average molecular weight is 528 g/mol. The summed E-state index contributed by atoms with van der Waals surface area (Å²) in [5.74, 6) is 0. The van der Waals surface area contributed by atoms with E-state index < -0.39 is 9.14 Å². The zero-order chi connectivity index (χ0) is 16.6. The molecule has 5 nitrogen and oxygen atoms in total. The van der Waals surface area contributed by atoms with E-state index in [1.54, 1.807) is 0 Å². The van der Waals surface area contributed by atoms with E-state index in [-0.39, 0.29) is 0 Å². The minimum absolute atomic E-state index is 0.341. The average Bonchev–Trinajstić information content (AvgIpc) is 2.55. The molecule has 0 fully saturated rings. The van der Waals surface area contributed by atoms with Crippen LogP contribution in [-0.4, -0.2) is 50.1 Å². The Bertz CT molecular complexity index is 621. The summed E-state index contributed by atoms with van der Waals surface area (Å²) < 4.78 is 0.341. The van der Waals surface area contributed by atoms with Gasteiger partial charge in [-0.1, -0.05) is 12.1 Å². The third-order valence-electron chi connectivity index (χ3n) is 1.64. The number of para-hydroxylation sites is 1. The van der Waals surface area contributed by atoms with Crippen molar-refractivity contribution < 1.29 is 9.58 Å². The quantitative estimate of drug-likeness (QED) is 0.333. The van der Waals surface area contributed by atoms with Crippen LogP contribution in [0.15, 0.2) is 24.3 Å². The van der Waals surface area contributed by atoms with E-state index in [4.69, 9.17) is 57.9 Å². The second-order valence-corrected chi connectivity index (χ2v) is 61.8. The van der Waals surface area contributed by atoms with Gasteiger partial charge in [-0.05, 0) is 22.2 Å². The van der Waals surface area contributed by atoms with E-state index in [1.165, 1.54) is 4.85 Å². The Balaban J connectivity index is 0.000000270. The molecule has 1 aromatic heterocycles. The van der Waals surface area contributed by atoms with Crippen LogP contribution >= 0.6 is 53.0 Å². The Hall–Kier alpha value is 0.938. The molecule has 0 aliphatic heterocycles. The van der Waals surface area contributed by atoms with E-state index in [1.807, 2.05) is 45.4 Å². The third kappa shape index (κ3) is 11.2. The molecular weight excluding hydrogens is 515 g/mol. The van der Waals surface area contributed by atoms with E-state index in [0.717, 1.165) is 11.0 Å². The van der Waals surface area contributed by atoms with Gasteiger partial charge in [0.2, 0.25) is 0 Å². The van der Waals surface area contributed by atoms with Gasteiger partial charge < -0.3 is 0 Å². The van der Waals surface area contributed by atoms with Crippen molar-refractivity contribution in [2.75, 3.05) is 21.1 Å². The van der Waals surface area contributed by atoms with Crippen LogP contribution in [0, 0.1) is 0 Å². The van der Waals surface area contributed by atoms with Crippen molar-refractivity contribution in [3.05, 3.63) is 24.3 Å². The molecular formula is C9H13Cl6N4OSb. The summed E-state index contributed by atoms with van der Waals surface area (Å²) in [6, 6.07) is 7.68. The normalized spacial score (nSPS) is 15.7. The first kappa shape index (κ1) is 20.0. The number of hydrogen-bond donors (Lipinski definition) is 0. The van der Waals surface area contributed by atoms with Gasteiger partial charge in [0.15, 0.2) is 0 Å². The van der Waals surface area contributed by atoms with Crippen molar-refractivity contribution >= 4 is 73.1 Å². The van der Waals surface area contributed by atoms with Crippen molar-refractivity contribution in [1.82, 2.24) is 15.2 Å². The van der Waals surface area contributed by atoms with Crippen molar-refractivity contribution in [3.8, 4) is 0 Å². The molecule has 12 heteroatoms. The van der Waals surface area contributed by atoms with Crippen molar-refractivity contribution in [1.29, 1.82) is 0 Å². The molecule has 21 heavy (non-hydrogen) atoms. The van der Waals surface area contributed by atoms with Gasteiger partial charge in [-0.2, -0.15) is 4.94 Å². The van der Waals surface area contributed by atoms with Gasteiger partial charge in [-0.25, -0.2) is 0 Å². The molecule has 0 radical (unpaired) electrons. The maximum absolute atomic E-state index is 5.54. The summed E-state index contributed by atoms with van der Waals surface area (Å²) in [5, 5.41) is 7.89. The predicted octanol–water partition coefficient (Wildman–Crippen LogP) is 4.24. The monoisotopic (exact) mass is 524 g/mol. The number of nitrogens with zero attached hydrogens (tertiary/aromatic N) is 4. The van der Waals surface area contributed by atoms with Crippen molar-refractivity contribution in [2.45, 2.75) is 0 Å². The van der Waals surface area contributed by atoms with Crippen molar-refractivity contribution in [3.63, 3.8) is 0 Å². The van der Waals surface area contributed by atoms with E-state index in [0.29, 0.717) is 4.65 Å². The topological polar surface area (TPSA) is 39.9 Å². The SMILES string of the molecule is C[N+](C)(C)On1nnc2ccccc21.[Cl][Sb-]([Cl])([Cl])([Cl])([Cl])[Cl]. The summed E-state index contributed by atoms with van der Waals surface area (Å²) in [6.07, 6.45) is 0. The Morgan fingerprint density at radius 3 is 1.95 bits per heavy atom. The van der Waals surface area contributed by atoms with Gasteiger partial charge >= 0.3 is 62.1 Å². The first-order chi connectivity index (χ1) is 9.01. The second kappa shape index (κ2) is 5.78. The maximum atomic E-state index is 5.54. The van der Waals surface area contributed by atoms with Gasteiger partial charge in [0.1, 0.15) is 32.2 Å². The summed E-state index contributed by atoms with van der Waals surface area (Å²) in [5.41, 5.74) is 1.71. The fourth-order valence-corrected chi connectivity index (χ4v) is 1.14. The zero-order valence-corrected chi connectivity index (χ0v) is 18.3. The number of hydroxylamine groups is 3. The molecule has 0 amide bonds. The van der Waals surface area contributed by atoms with Gasteiger partial charge in [0.05, 0.1) is 0 Å². The zero-order valence-electron chi connectivity index (χ0n) is 11.2. The van der Waals surface area contributed by atoms with Crippen LogP contribution in [-0.2, 0) is 0 Å². The van der Waals surface area contributed by atoms with Gasteiger partial charge in [0, 0.05) is 0 Å². The second-order valence-electron chi connectivity index (χ2n) is 4.88. The number of rotatable bonds is 2. The number of fused-ring (bicyclic) bond motifs is 1. The fraction of sp³-hybridized carbons (Fsp3) is 0.333. The minimum atomic E-state index is -5.42. The fourth-order valence-electron chi connectivity index (χ4n) is 1.14. The Morgan fingerprint density at radius 2 is 1.48 bits per heavy atom. The van der Waals surface area contributed by atoms with E-state index in [9.17, 15) is 0 Å². The molecule has 2 rings (SSSR count). The molecule has 0 spiro atoms. The van der Waals surface area contributed by atoms with Crippen LogP contribution in [0.3, 0.4) is 0 Å². The third-order valence-corrected chi connectivity index (χ3v) is 1.64. The van der Waals surface area contributed by atoms with Gasteiger partial charge in [0.25, 0.3) is 0 Å². The van der Waals surface area contributed by atoms with Crippen LogP contribution in [0.2, 0.25) is 0 Å². The molecule has 0 unspecified atom stereocenters. The van der Waals surface area contributed by atoms with Crippen LogP contribution in [0.5, 0.6) is 0 Å². The van der Waals surface area contributed by atoms with E-state index >= 15 is 0 Å². The Kier molecular flexibility index (Phi) is 5.50. The van der Waals surface area contributed by atoms with Crippen LogP contribution < -0.4 is 4.94 Å².